The molecule has 5 aromatic rings. The minimum atomic E-state index is -0.385. The molecule has 0 radical (unpaired) electrons. The number of nitrogens with zero attached hydrogens (tertiary/aromatic N) is 3. The zero-order valence-electron chi connectivity index (χ0n) is 19.0. The molecule has 0 saturated carbocycles. The molecular weight excluding hydrogens is 448 g/mol. The highest BCUT2D eigenvalue weighted by atomic mass is 32.1. The van der Waals surface area contributed by atoms with E-state index in [1.807, 2.05) is 66.1 Å². The fourth-order valence-electron chi connectivity index (χ4n) is 4.22. The van der Waals surface area contributed by atoms with Crippen molar-refractivity contribution in [1.29, 1.82) is 0 Å². The maximum absolute atomic E-state index is 12.5. The predicted octanol–water partition coefficient (Wildman–Crippen LogP) is 6.06. The second-order valence-electron chi connectivity index (χ2n) is 7.86. The highest BCUT2D eigenvalue weighted by Gasteiger charge is 2.21. The van der Waals surface area contributed by atoms with E-state index in [9.17, 15) is 4.79 Å². The lowest BCUT2D eigenvalue weighted by Gasteiger charge is -2.13. The number of ether oxygens (including phenoxy) is 1. The number of hydrogen-bond donors (Lipinski definition) is 1. The molecule has 7 nitrogen and oxygen atoms in total. The Hall–Kier alpha value is -4.04. The fraction of sp³-hybridized carbons (Fsp3) is 0.154. The molecule has 0 aliphatic heterocycles. The van der Waals surface area contributed by atoms with E-state index in [4.69, 9.17) is 26.5 Å². The van der Waals surface area contributed by atoms with Crippen LogP contribution in [-0.2, 0) is 11.2 Å². The van der Waals surface area contributed by atoms with E-state index in [2.05, 4.69) is 17.1 Å². The number of rotatable bonds is 5. The van der Waals surface area contributed by atoms with Gasteiger partial charge in [0.15, 0.2) is 5.82 Å². The van der Waals surface area contributed by atoms with E-state index in [0.717, 1.165) is 44.8 Å². The van der Waals surface area contributed by atoms with E-state index in [1.165, 1.54) is 7.11 Å². The topological polar surface area (TPSA) is 85.9 Å². The van der Waals surface area contributed by atoms with Gasteiger partial charge in [-0.1, -0.05) is 49.4 Å². The highest BCUT2D eigenvalue weighted by Crippen LogP contribution is 2.33. The zero-order valence-corrected chi connectivity index (χ0v) is 19.8. The zero-order chi connectivity index (χ0) is 23.8. The van der Waals surface area contributed by atoms with Crippen LogP contribution in [0.3, 0.4) is 0 Å². The van der Waals surface area contributed by atoms with Crippen LogP contribution in [0.1, 0.15) is 28.7 Å². The quantitative estimate of drug-likeness (QED) is 0.248. The Balaban J connectivity index is 1.66. The Morgan fingerprint density at radius 1 is 1.06 bits per heavy atom. The second-order valence-corrected chi connectivity index (χ2v) is 8.21. The minimum Gasteiger partial charge on any atom is -0.465 e. The van der Waals surface area contributed by atoms with E-state index >= 15 is 0 Å². The Morgan fingerprint density at radius 2 is 1.79 bits per heavy atom. The van der Waals surface area contributed by atoms with Gasteiger partial charge in [-0.05, 0) is 54.0 Å². The van der Waals surface area contributed by atoms with Crippen molar-refractivity contribution in [3.05, 3.63) is 82.5 Å². The van der Waals surface area contributed by atoms with E-state index < -0.39 is 0 Å². The smallest absolute Gasteiger partial charge is 0.340 e. The summed E-state index contributed by atoms with van der Waals surface area (Å²) in [5, 5.41) is 2.78. The molecule has 0 fully saturated rings. The van der Waals surface area contributed by atoms with Crippen LogP contribution in [0, 0.1) is 11.8 Å². The summed E-state index contributed by atoms with van der Waals surface area (Å²) in [5.74, 6) is 1.07. The van der Waals surface area contributed by atoms with Crippen molar-refractivity contribution in [3.8, 4) is 28.2 Å². The number of aryl methyl sites for hydroxylation is 2. The van der Waals surface area contributed by atoms with Gasteiger partial charge in [0.05, 0.1) is 23.7 Å². The molecule has 1 N–H and O–H groups in total. The lowest BCUT2D eigenvalue weighted by Crippen LogP contribution is -2.07. The SMILES string of the molecule is CCc1nc2c(C)ccc(C(=O)OC)c2n1-c1ccc(-c2ccccc2-c2nc(=S)o[nH]2)cc1. The average molecular weight is 471 g/mol. The number of benzene rings is 3. The molecule has 3 aromatic carbocycles. The molecule has 0 aliphatic rings. The van der Waals surface area contributed by atoms with Crippen LogP contribution in [-0.4, -0.2) is 32.8 Å². The van der Waals surface area contributed by atoms with Gasteiger partial charge in [-0.3, -0.25) is 4.57 Å². The number of nitrogens with one attached hydrogen (secondary N) is 1. The Bertz CT molecular complexity index is 1580. The molecule has 0 aliphatic carbocycles. The van der Waals surface area contributed by atoms with Crippen molar-refractivity contribution in [3.63, 3.8) is 0 Å². The fourth-order valence-corrected chi connectivity index (χ4v) is 4.35. The van der Waals surface area contributed by atoms with Crippen LogP contribution in [0.2, 0.25) is 0 Å². The molecule has 0 atom stereocenters. The van der Waals surface area contributed by atoms with Crippen molar-refractivity contribution in [2.75, 3.05) is 7.11 Å². The summed E-state index contributed by atoms with van der Waals surface area (Å²) in [6, 6.07) is 19.8. The van der Waals surface area contributed by atoms with Gasteiger partial charge in [-0.2, -0.15) is 4.98 Å². The molecule has 2 aromatic heterocycles. The first-order valence-electron chi connectivity index (χ1n) is 10.9. The number of methoxy groups -OCH3 is 1. The predicted molar refractivity (Wildman–Crippen MR) is 133 cm³/mol. The summed E-state index contributed by atoms with van der Waals surface area (Å²) >= 11 is 5.01. The lowest BCUT2D eigenvalue weighted by atomic mass is 9.99. The van der Waals surface area contributed by atoms with Gasteiger partial charge in [-0.25, -0.2) is 14.9 Å². The molecule has 0 unspecified atom stereocenters. The van der Waals surface area contributed by atoms with Crippen LogP contribution in [0.15, 0.2) is 65.2 Å². The third-order valence-electron chi connectivity index (χ3n) is 5.85. The molecular formula is C26H22N4O3S. The van der Waals surface area contributed by atoms with Gasteiger partial charge < -0.3 is 9.26 Å². The summed E-state index contributed by atoms with van der Waals surface area (Å²) in [6.07, 6.45) is 0.713. The summed E-state index contributed by atoms with van der Waals surface area (Å²) in [4.78, 5) is 21.8. The number of aromatic nitrogens is 4. The minimum absolute atomic E-state index is 0.163. The molecule has 34 heavy (non-hydrogen) atoms. The molecule has 8 heteroatoms. The van der Waals surface area contributed by atoms with Crippen LogP contribution < -0.4 is 0 Å². The van der Waals surface area contributed by atoms with Crippen LogP contribution >= 0.6 is 12.2 Å². The van der Waals surface area contributed by atoms with E-state index in [1.54, 1.807) is 6.07 Å². The average Bonchev–Trinajstić information content (AvgIpc) is 3.48. The first kappa shape index (κ1) is 21.8. The Kier molecular flexibility index (Phi) is 5.59. The normalized spacial score (nSPS) is 11.1. The number of aromatic amines is 1. The van der Waals surface area contributed by atoms with Crippen LogP contribution in [0.5, 0.6) is 0 Å². The van der Waals surface area contributed by atoms with Gasteiger partial charge in [-0.15, -0.1) is 0 Å². The maximum atomic E-state index is 12.5. The number of esters is 1. The van der Waals surface area contributed by atoms with E-state index in [0.29, 0.717) is 17.8 Å². The summed E-state index contributed by atoms with van der Waals surface area (Å²) < 4.78 is 12.2. The Morgan fingerprint density at radius 3 is 2.44 bits per heavy atom. The molecule has 0 amide bonds. The van der Waals surface area contributed by atoms with Crippen molar-refractivity contribution in [1.82, 2.24) is 19.7 Å². The molecule has 0 bridgehead atoms. The third-order valence-corrected chi connectivity index (χ3v) is 6.03. The largest absolute Gasteiger partial charge is 0.465 e. The van der Waals surface area contributed by atoms with Crippen molar-refractivity contribution in [2.24, 2.45) is 0 Å². The second kappa shape index (κ2) is 8.72. The molecule has 5 rings (SSSR count). The lowest BCUT2D eigenvalue weighted by molar-refractivity contribution is 0.0602. The van der Waals surface area contributed by atoms with Gasteiger partial charge in [0.2, 0.25) is 0 Å². The van der Waals surface area contributed by atoms with Gasteiger partial charge in [0.25, 0.3) is 0 Å². The monoisotopic (exact) mass is 470 g/mol. The summed E-state index contributed by atoms with van der Waals surface area (Å²) in [5.41, 5.74) is 6.86. The number of fused-ring (bicyclic) bond motifs is 1. The van der Waals surface area contributed by atoms with Gasteiger partial charge in [0, 0.05) is 17.7 Å². The standard InChI is InChI=1S/C26H22N4O3S/c1-4-21-27-22-15(2)9-14-20(25(31)32-3)23(22)30(21)17-12-10-16(11-13-17)18-7-5-6-8-19(18)24-28-26(34)33-29-24/h5-14H,4H2,1-3H3,(H,28,29,34). The van der Waals surface area contributed by atoms with Crippen molar-refractivity contribution in [2.45, 2.75) is 20.3 Å². The third kappa shape index (κ3) is 3.62. The van der Waals surface area contributed by atoms with Crippen molar-refractivity contribution < 1.29 is 14.1 Å². The van der Waals surface area contributed by atoms with Crippen LogP contribution in [0.25, 0.3) is 39.2 Å². The number of imidazole rings is 1. The first-order valence-corrected chi connectivity index (χ1v) is 11.3. The molecule has 2 heterocycles. The number of H-pyrrole nitrogens is 1. The van der Waals surface area contributed by atoms with E-state index in [-0.39, 0.29) is 10.8 Å². The molecule has 0 spiro atoms. The molecule has 0 saturated heterocycles. The maximum Gasteiger partial charge on any atom is 0.340 e. The first-order chi connectivity index (χ1) is 16.5. The van der Waals surface area contributed by atoms with Crippen molar-refractivity contribution >= 4 is 29.2 Å². The molecule has 170 valence electrons. The Labute approximate surface area is 201 Å². The number of carbonyl (C=O) groups excluding carboxylic acids is 1. The summed E-state index contributed by atoms with van der Waals surface area (Å²) in [6.45, 7) is 4.05. The summed E-state index contributed by atoms with van der Waals surface area (Å²) in [7, 11) is 1.39. The van der Waals surface area contributed by atoms with Crippen LogP contribution in [0.4, 0.5) is 0 Å². The van der Waals surface area contributed by atoms with Gasteiger partial charge >= 0.3 is 10.8 Å². The number of hydrogen-bond acceptors (Lipinski definition) is 6. The highest BCUT2D eigenvalue weighted by molar-refractivity contribution is 7.71. The van der Waals surface area contributed by atoms with Gasteiger partial charge in [0.1, 0.15) is 5.82 Å². The number of carbonyl (C=O) groups is 1.